The number of aryl methyl sites for hydroxylation is 1. The second-order valence-electron chi connectivity index (χ2n) is 4.17. The van der Waals surface area contributed by atoms with Gasteiger partial charge in [0.05, 0.1) is 12.2 Å². The van der Waals surface area contributed by atoms with Crippen molar-refractivity contribution >= 4 is 21.4 Å². The molecule has 108 valence electrons. The van der Waals surface area contributed by atoms with Crippen molar-refractivity contribution in [2.45, 2.75) is 11.4 Å². The van der Waals surface area contributed by atoms with Gasteiger partial charge in [0.25, 0.3) is 0 Å². The Morgan fingerprint density at radius 1 is 1.40 bits per heavy atom. The number of nitrogens with two attached hydrogens (primary N) is 1. The van der Waals surface area contributed by atoms with Crippen LogP contribution in [0.3, 0.4) is 0 Å². The number of anilines is 2. The Hall–Kier alpha value is -2.13. The molecule has 0 radical (unpaired) electrons. The van der Waals surface area contributed by atoms with Crippen molar-refractivity contribution in [2.24, 2.45) is 7.05 Å². The van der Waals surface area contributed by atoms with Crippen LogP contribution in [0, 0.1) is 0 Å². The monoisotopic (exact) mass is 296 g/mol. The van der Waals surface area contributed by atoms with E-state index in [4.69, 9.17) is 5.73 Å². The van der Waals surface area contributed by atoms with Crippen LogP contribution in [0.15, 0.2) is 29.4 Å². The fourth-order valence-corrected chi connectivity index (χ4v) is 2.60. The van der Waals surface area contributed by atoms with Crippen molar-refractivity contribution < 1.29 is 8.42 Å². The molecule has 8 nitrogen and oxygen atoms in total. The number of hydrogen-bond acceptors (Lipinski definition) is 6. The van der Waals surface area contributed by atoms with Gasteiger partial charge >= 0.3 is 0 Å². The molecule has 0 aliphatic heterocycles. The minimum absolute atomic E-state index is 0.0992. The Labute approximate surface area is 117 Å². The molecule has 1 heterocycles. The molecule has 0 bridgehead atoms. The lowest BCUT2D eigenvalue weighted by Gasteiger charge is -2.12. The molecule has 0 atom stereocenters. The van der Waals surface area contributed by atoms with Crippen LogP contribution >= 0.6 is 0 Å². The fraction of sp³-hybridized carbons (Fsp3) is 0.273. The van der Waals surface area contributed by atoms with E-state index < -0.39 is 10.0 Å². The molecular weight excluding hydrogens is 280 g/mol. The van der Waals surface area contributed by atoms with Gasteiger partial charge in [-0.1, -0.05) is 0 Å². The van der Waals surface area contributed by atoms with Gasteiger partial charge in [0, 0.05) is 12.7 Å². The van der Waals surface area contributed by atoms with Gasteiger partial charge in [0.15, 0.2) is 5.82 Å². The van der Waals surface area contributed by atoms with Crippen molar-refractivity contribution in [3.05, 3.63) is 30.4 Å². The summed E-state index contributed by atoms with van der Waals surface area (Å²) in [4.78, 5) is 0.0992. The third-order valence-corrected chi connectivity index (χ3v) is 4.26. The van der Waals surface area contributed by atoms with E-state index in [2.05, 4.69) is 20.2 Å². The predicted molar refractivity (Wildman–Crippen MR) is 75.4 cm³/mol. The van der Waals surface area contributed by atoms with Crippen molar-refractivity contribution in [3.8, 4) is 0 Å². The summed E-state index contributed by atoms with van der Waals surface area (Å²) in [5, 5.41) is 10.7. The maximum atomic E-state index is 12.0. The SMILES string of the molecule is CNS(=O)(=O)c1cc(N)ccc1NCc1nncn1C. The molecule has 0 unspecified atom stereocenters. The predicted octanol–water partition coefficient (Wildman–Crippen LogP) is -0.0825. The van der Waals surface area contributed by atoms with Gasteiger partial charge < -0.3 is 15.6 Å². The molecule has 0 saturated carbocycles. The zero-order valence-corrected chi connectivity index (χ0v) is 12.0. The highest BCUT2D eigenvalue weighted by molar-refractivity contribution is 7.89. The lowest BCUT2D eigenvalue weighted by molar-refractivity contribution is 0.588. The summed E-state index contributed by atoms with van der Waals surface area (Å²) < 4.78 is 27.9. The molecule has 20 heavy (non-hydrogen) atoms. The van der Waals surface area contributed by atoms with Crippen molar-refractivity contribution in [2.75, 3.05) is 18.1 Å². The Kier molecular flexibility index (Phi) is 3.91. The number of rotatable bonds is 5. The van der Waals surface area contributed by atoms with Crippen LogP contribution in [0.2, 0.25) is 0 Å². The van der Waals surface area contributed by atoms with Crippen LogP contribution in [-0.4, -0.2) is 30.2 Å². The zero-order chi connectivity index (χ0) is 14.8. The van der Waals surface area contributed by atoms with E-state index in [1.165, 1.54) is 13.1 Å². The number of hydrogen-bond donors (Lipinski definition) is 3. The Morgan fingerprint density at radius 3 is 2.75 bits per heavy atom. The second-order valence-corrected chi connectivity index (χ2v) is 6.03. The molecule has 4 N–H and O–H groups in total. The fourth-order valence-electron chi connectivity index (χ4n) is 1.66. The number of nitrogens with zero attached hydrogens (tertiary/aromatic N) is 3. The number of nitrogen functional groups attached to an aromatic ring is 1. The first-order valence-corrected chi connectivity index (χ1v) is 7.32. The van der Waals surface area contributed by atoms with E-state index in [9.17, 15) is 8.42 Å². The Balaban J connectivity index is 2.30. The third kappa shape index (κ3) is 2.89. The maximum Gasteiger partial charge on any atom is 0.242 e. The van der Waals surface area contributed by atoms with E-state index in [1.807, 2.05) is 7.05 Å². The standard InChI is InChI=1S/C11H16N6O2S/c1-13-20(18,19)10-5-8(12)3-4-9(10)14-6-11-16-15-7-17(11)2/h3-5,7,13-14H,6,12H2,1-2H3. The summed E-state index contributed by atoms with van der Waals surface area (Å²) in [6.45, 7) is 0.354. The van der Waals surface area contributed by atoms with Crippen LogP contribution in [0.1, 0.15) is 5.82 Å². The van der Waals surface area contributed by atoms with Crippen LogP contribution in [0.5, 0.6) is 0 Å². The van der Waals surface area contributed by atoms with Gasteiger partial charge in [0.1, 0.15) is 11.2 Å². The molecule has 0 saturated heterocycles. The molecule has 1 aromatic heterocycles. The molecule has 0 fully saturated rings. The minimum Gasteiger partial charge on any atom is -0.399 e. The van der Waals surface area contributed by atoms with Crippen molar-refractivity contribution in [3.63, 3.8) is 0 Å². The highest BCUT2D eigenvalue weighted by Crippen LogP contribution is 2.24. The number of aromatic nitrogens is 3. The zero-order valence-electron chi connectivity index (χ0n) is 11.2. The summed E-state index contributed by atoms with van der Waals surface area (Å²) in [7, 11) is -0.425. The van der Waals surface area contributed by atoms with E-state index in [0.717, 1.165) is 0 Å². The first kappa shape index (κ1) is 14.3. The Bertz CT molecular complexity index is 709. The van der Waals surface area contributed by atoms with Crippen LogP contribution in [0.25, 0.3) is 0 Å². The summed E-state index contributed by atoms with van der Waals surface area (Å²) in [6, 6.07) is 4.66. The topological polar surface area (TPSA) is 115 Å². The molecule has 0 amide bonds. The average Bonchev–Trinajstić information content (AvgIpc) is 2.83. The normalized spacial score (nSPS) is 11.5. The second kappa shape index (κ2) is 5.47. The molecule has 9 heteroatoms. The molecule has 2 rings (SSSR count). The van der Waals surface area contributed by atoms with Gasteiger partial charge in [-0.05, 0) is 25.2 Å². The van der Waals surface area contributed by atoms with E-state index in [-0.39, 0.29) is 4.90 Å². The molecule has 0 aliphatic rings. The van der Waals surface area contributed by atoms with Crippen LogP contribution < -0.4 is 15.8 Å². The molecule has 1 aromatic carbocycles. The Morgan fingerprint density at radius 2 is 2.15 bits per heavy atom. The summed E-state index contributed by atoms with van der Waals surface area (Å²) >= 11 is 0. The number of sulfonamides is 1. The molecule has 0 spiro atoms. The van der Waals surface area contributed by atoms with E-state index in [0.29, 0.717) is 23.7 Å². The average molecular weight is 296 g/mol. The summed E-state index contributed by atoms with van der Waals surface area (Å²) in [6.07, 6.45) is 1.57. The lowest BCUT2D eigenvalue weighted by Crippen LogP contribution is -2.20. The van der Waals surface area contributed by atoms with Crippen LogP contribution in [-0.2, 0) is 23.6 Å². The quantitative estimate of drug-likeness (QED) is 0.665. The third-order valence-electron chi connectivity index (χ3n) is 2.81. The minimum atomic E-state index is -3.59. The highest BCUT2D eigenvalue weighted by atomic mass is 32.2. The largest absolute Gasteiger partial charge is 0.399 e. The first-order chi connectivity index (χ1) is 9.44. The molecule has 2 aromatic rings. The van der Waals surface area contributed by atoms with Gasteiger partial charge in [0.2, 0.25) is 10.0 Å². The summed E-state index contributed by atoms with van der Waals surface area (Å²) in [5.41, 5.74) is 6.48. The smallest absolute Gasteiger partial charge is 0.242 e. The van der Waals surface area contributed by atoms with Crippen molar-refractivity contribution in [1.29, 1.82) is 0 Å². The van der Waals surface area contributed by atoms with Gasteiger partial charge in [-0.3, -0.25) is 0 Å². The van der Waals surface area contributed by atoms with Gasteiger partial charge in [-0.15, -0.1) is 10.2 Å². The lowest BCUT2D eigenvalue weighted by atomic mass is 10.3. The highest BCUT2D eigenvalue weighted by Gasteiger charge is 2.17. The van der Waals surface area contributed by atoms with Crippen molar-refractivity contribution in [1.82, 2.24) is 19.5 Å². The molecular formula is C11H16N6O2S. The number of benzene rings is 1. The van der Waals surface area contributed by atoms with Crippen LogP contribution in [0.4, 0.5) is 11.4 Å². The van der Waals surface area contributed by atoms with E-state index >= 15 is 0 Å². The van der Waals surface area contributed by atoms with Gasteiger partial charge in [-0.2, -0.15) is 0 Å². The summed E-state index contributed by atoms with van der Waals surface area (Å²) in [5.74, 6) is 0.689. The van der Waals surface area contributed by atoms with E-state index in [1.54, 1.807) is 23.0 Å². The van der Waals surface area contributed by atoms with Gasteiger partial charge in [-0.25, -0.2) is 13.1 Å². The molecule has 0 aliphatic carbocycles. The number of nitrogens with one attached hydrogen (secondary N) is 2. The maximum absolute atomic E-state index is 12.0. The first-order valence-electron chi connectivity index (χ1n) is 5.84.